The summed E-state index contributed by atoms with van der Waals surface area (Å²) in [7, 11) is 0. The van der Waals surface area contributed by atoms with Crippen LogP contribution in [-0.4, -0.2) is 35.6 Å². The zero-order valence-electron chi connectivity index (χ0n) is 12.9. The molecule has 116 valence electrons. The Bertz CT molecular complexity index is 464. The van der Waals surface area contributed by atoms with Crippen LogP contribution >= 0.6 is 12.2 Å². The molecule has 1 fully saturated rings. The molecule has 21 heavy (non-hydrogen) atoms. The predicted octanol–water partition coefficient (Wildman–Crippen LogP) is 3.35. The Kier molecular flexibility index (Phi) is 6.46. The third-order valence-corrected chi connectivity index (χ3v) is 4.41. The van der Waals surface area contributed by atoms with Gasteiger partial charge in [0.1, 0.15) is 10.7 Å². The van der Waals surface area contributed by atoms with Gasteiger partial charge in [-0.2, -0.15) is 0 Å². The van der Waals surface area contributed by atoms with Crippen molar-refractivity contribution in [2.75, 3.05) is 19.7 Å². The molecule has 1 aliphatic heterocycles. The number of nitrogens with two attached hydrogens (primary N) is 1. The number of nitrogens with zero attached hydrogens (tertiary/aromatic N) is 1. The lowest BCUT2D eigenvalue weighted by Crippen LogP contribution is -2.34. The summed E-state index contributed by atoms with van der Waals surface area (Å²) in [6.07, 6.45) is 6.44. The molecule has 1 aromatic rings. The second-order valence-corrected chi connectivity index (χ2v) is 6.24. The Morgan fingerprint density at radius 1 is 1.33 bits per heavy atom. The van der Waals surface area contributed by atoms with Crippen LogP contribution in [0.2, 0.25) is 0 Å². The lowest BCUT2D eigenvalue weighted by atomic mass is 10.1. The van der Waals surface area contributed by atoms with Gasteiger partial charge in [0.15, 0.2) is 0 Å². The summed E-state index contributed by atoms with van der Waals surface area (Å²) in [5.41, 5.74) is 6.54. The highest BCUT2D eigenvalue weighted by Crippen LogP contribution is 2.19. The van der Waals surface area contributed by atoms with Crippen molar-refractivity contribution in [2.45, 2.75) is 45.1 Å². The number of likely N-dealkylation sites (tertiary alicyclic amines) is 1. The molecular formula is C17H26N2OS. The summed E-state index contributed by atoms with van der Waals surface area (Å²) in [4.78, 5) is 2.99. The molecule has 3 nitrogen and oxygen atoms in total. The maximum Gasteiger partial charge on any atom is 0.129 e. The summed E-state index contributed by atoms with van der Waals surface area (Å²) in [6.45, 7) is 5.39. The number of rotatable bonds is 6. The Hall–Kier alpha value is -1.13. The number of hydrogen-bond donors (Lipinski definition) is 1. The second-order valence-electron chi connectivity index (χ2n) is 5.80. The van der Waals surface area contributed by atoms with Gasteiger partial charge in [0.05, 0.1) is 12.2 Å². The predicted molar refractivity (Wildman–Crippen MR) is 91.9 cm³/mol. The summed E-state index contributed by atoms with van der Waals surface area (Å²) in [5, 5.41) is 0. The molecule has 1 aromatic carbocycles. The molecule has 1 atom stereocenters. The third-order valence-electron chi connectivity index (χ3n) is 4.19. The molecule has 2 rings (SSSR count). The van der Waals surface area contributed by atoms with Crippen LogP contribution in [0.1, 0.15) is 44.6 Å². The van der Waals surface area contributed by atoms with Crippen LogP contribution in [0.3, 0.4) is 0 Å². The average molecular weight is 306 g/mol. The van der Waals surface area contributed by atoms with Gasteiger partial charge in [-0.05, 0) is 44.9 Å². The SMILES string of the molecule is CC1CCCCCN1CCCOc1ccccc1C(N)=S. The van der Waals surface area contributed by atoms with Crippen molar-refractivity contribution < 1.29 is 4.74 Å². The van der Waals surface area contributed by atoms with Gasteiger partial charge in [-0.15, -0.1) is 0 Å². The standard InChI is InChI=1S/C17H26N2OS/c1-14-8-3-2-6-11-19(14)12-7-13-20-16-10-5-4-9-15(16)17(18)21/h4-5,9-10,14H,2-3,6-8,11-13H2,1H3,(H2,18,21). The van der Waals surface area contributed by atoms with E-state index in [1.807, 2.05) is 24.3 Å². The van der Waals surface area contributed by atoms with Crippen molar-refractivity contribution in [3.8, 4) is 5.75 Å². The molecule has 0 amide bonds. The Labute approximate surface area is 133 Å². The van der Waals surface area contributed by atoms with E-state index in [1.54, 1.807) is 0 Å². The highest BCUT2D eigenvalue weighted by molar-refractivity contribution is 7.80. The van der Waals surface area contributed by atoms with Crippen LogP contribution in [0.5, 0.6) is 5.75 Å². The number of thiocarbonyl (C=S) groups is 1. The van der Waals surface area contributed by atoms with E-state index in [0.29, 0.717) is 17.6 Å². The Morgan fingerprint density at radius 3 is 2.95 bits per heavy atom. The van der Waals surface area contributed by atoms with Crippen molar-refractivity contribution in [3.63, 3.8) is 0 Å². The molecule has 0 bridgehead atoms. The zero-order valence-corrected chi connectivity index (χ0v) is 13.7. The Balaban J connectivity index is 1.78. The number of para-hydroxylation sites is 1. The van der Waals surface area contributed by atoms with E-state index < -0.39 is 0 Å². The smallest absolute Gasteiger partial charge is 0.129 e. The van der Waals surface area contributed by atoms with Gasteiger partial charge >= 0.3 is 0 Å². The largest absolute Gasteiger partial charge is 0.493 e. The molecular weight excluding hydrogens is 280 g/mol. The highest BCUT2D eigenvalue weighted by Gasteiger charge is 2.16. The van der Waals surface area contributed by atoms with E-state index in [4.69, 9.17) is 22.7 Å². The van der Waals surface area contributed by atoms with E-state index in [9.17, 15) is 0 Å². The number of benzene rings is 1. The van der Waals surface area contributed by atoms with E-state index in [1.165, 1.54) is 32.2 Å². The molecule has 4 heteroatoms. The average Bonchev–Trinajstić information content (AvgIpc) is 2.68. The Morgan fingerprint density at radius 2 is 2.14 bits per heavy atom. The molecule has 1 unspecified atom stereocenters. The highest BCUT2D eigenvalue weighted by atomic mass is 32.1. The van der Waals surface area contributed by atoms with Crippen molar-refractivity contribution in [3.05, 3.63) is 29.8 Å². The quantitative estimate of drug-likeness (QED) is 0.646. The van der Waals surface area contributed by atoms with Crippen LogP contribution in [0.25, 0.3) is 0 Å². The van der Waals surface area contributed by atoms with E-state index >= 15 is 0 Å². The summed E-state index contributed by atoms with van der Waals surface area (Å²) < 4.78 is 5.86. The molecule has 0 aromatic heterocycles. The molecule has 1 heterocycles. The normalized spacial score (nSPS) is 20.0. The second kappa shape index (κ2) is 8.35. The lowest BCUT2D eigenvalue weighted by molar-refractivity contribution is 0.192. The van der Waals surface area contributed by atoms with Crippen molar-refractivity contribution in [1.82, 2.24) is 4.90 Å². The minimum Gasteiger partial charge on any atom is -0.493 e. The van der Waals surface area contributed by atoms with E-state index in [2.05, 4.69) is 11.8 Å². The molecule has 0 aliphatic carbocycles. The lowest BCUT2D eigenvalue weighted by Gasteiger charge is -2.26. The number of hydrogen-bond acceptors (Lipinski definition) is 3. The van der Waals surface area contributed by atoms with Crippen LogP contribution in [0.4, 0.5) is 0 Å². The summed E-state index contributed by atoms with van der Waals surface area (Å²) >= 11 is 5.05. The van der Waals surface area contributed by atoms with Gasteiger partial charge in [0, 0.05) is 12.6 Å². The van der Waals surface area contributed by atoms with E-state index in [0.717, 1.165) is 24.3 Å². The molecule has 2 N–H and O–H groups in total. The first-order valence-corrected chi connectivity index (χ1v) is 8.35. The molecule has 0 radical (unpaired) electrons. The minimum atomic E-state index is 0.395. The fourth-order valence-electron chi connectivity index (χ4n) is 2.91. The third kappa shape index (κ3) is 4.97. The van der Waals surface area contributed by atoms with Gasteiger partial charge in [0.25, 0.3) is 0 Å². The van der Waals surface area contributed by atoms with Gasteiger partial charge in [0.2, 0.25) is 0 Å². The van der Waals surface area contributed by atoms with Crippen LogP contribution < -0.4 is 10.5 Å². The first-order valence-electron chi connectivity index (χ1n) is 7.94. The first kappa shape index (κ1) is 16.2. The molecule has 1 saturated heterocycles. The number of ether oxygens (including phenoxy) is 1. The first-order chi connectivity index (χ1) is 10.2. The minimum absolute atomic E-state index is 0.395. The summed E-state index contributed by atoms with van der Waals surface area (Å²) in [6, 6.07) is 8.43. The van der Waals surface area contributed by atoms with Crippen LogP contribution in [0, 0.1) is 0 Å². The maximum absolute atomic E-state index is 5.86. The fraction of sp³-hybridized carbons (Fsp3) is 0.588. The molecule has 1 aliphatic rings. The monoisotopic (exact) mass is 306 g/mol. The summed E-state index contributed by atoms with van der Waals surface area (Å²) in [5.74, 6) is 0.800. The van der Waals surface area contributed by atoms with Crippen molar-refractivity contribution in [1.29, 1.82) is 0 Å². The van der Waals surface area contributed by atoms with Gasteiger partial charge in [-0.3, -0.25) is 0 Å². The van der Waals surface area contributed by atoms with Gasteiger partial charge < -0.3 is 15.4 Å². The van der Waals surface area contributed by atoms with Gasteiger partial charge in [-0.25, -0.2) is 0 Å². The zero-order chi connectivity index (χ0) is 15.1. The fourth-order valence-corrected chi connectivity index (χ4v) is 3.08. The molecule has 0 saturated carbocycles. The topological polar surface area (TPSA) is 38.5 Å². The maximum atomic E-state index is 5.86. The van der Waals surface area contributed by atoms with E-state index in [-0.39, 0.29) is 0 Å². The van der Waals surface area contributed by atoms with Crippen molar-refractivity contribution in [2.24, 2.45) is 5.73 Å². The van der Waals surface area contributed by atoms with Gasteiger partial charge in [-0.1, -0.05) is 37.2 Å². The molecule has 0 spiro atoms. The van der Waals surface area contributed by atoms with Crippen LogP contribution in [0.15, 0.2) is 24.3 Å². The van der Waals surface area contributed by atoms with Crippen LogP contribution in [-0.2, 0) is 0 Å². The van der Waals surface area contributed by atoms with Crippen molar-refractivity contribution >= 4 is 17.2 Å².